The predicted octanol–water partition coefficient (Wildman–Crippen LogP) is 3.64. The number of ketones is 2. The molecular formula is C27H37FO6. The van der Waals surface area contributed by atoms with Gasteiger partial charge in [-0.15, -0.1) is 0 Å². The fourth-order valence-electron chi connectivity index (χ4n) is 7.79. The molecule has 0 bridgehead atoms. The molecule has 4 aliphatic rings. The van der Waals surface area contributed by atoms with Crippen molar-refractivity contribution in [2.75, 3.05) is 6.61 Å². The van der Waals surface area contributed by atoms with Gasteiger partial charge in [0, 0.05) is 23.2 Å². The smallest absolute Gasteiger partial charge is 0.306 e. The first kappa shape index (κ1) is 25.2. The number of carbonyl (C=O) groups excluding carboxylic acids is 3. The van der Waals surface area contributed by atoms with Gasteiger partial charge in [-0.05, 0) is 63.0 Å². The molecule has 3 saturated carbocycles. The number of esters is 1. The Morgan fingerprint density at radius 2 is 1.97 bits per heavy atom. The minimum atomic E-state index is -2.01. The quantitative estimate of drug-likeness (QED) is 0.568. The van der Waals surface area contributed by atoms with Crippen molar-refractivity contribution in [2.24, 2.45) is 28.6 Å². The summed E-state index contributed by atoms with van der Waals surface area (Å²) < 4.78 is 22.3. The second kappa shape index (κ2) is 8.37. The predicted molar refractivity (Wildman–Crippen MR) is 123 cm³/mol. The second-order valence-electron chi connectivity index (χ2n) is 11.4. The highest BCUT2D eigenvalue weighted by atomic mass is 19.1. The Morgan fingerprint density at radius 1 is 1.26 bits per heavy atom. The maximum atomic E-state index is 17.1. The van der Waals surface area contributed by atoms with Gasteiger partial charge in [-0.2, -0.15) is 0 Å². The molecule has 34 heavy (non-hydrogen) atoms. The van der Waals surface area contributed by atoms with E-state index in [0.29, 0.717) is 31.3 Å². The Hall–Kier alpha value is -1.86. The Balaban J connectivity index is 1.65. The summed E-state index contributed by atoms with van der Waals surface area (Å²) in [5.74, 6) is -2.64. The van der Waals surface area contributed by atoms with Gasteiger partial charge in [0.05, 0.1) is 6.10 Å². The van der Waals surface area contributed by atoms with Crippen LogP contribution >= 0.6 is 0 Å². The number of aliphatic hydroxyl groups excluding tert-OH is 1. The molecule has 8 atom stereocenters. The topological polar surface area (TPSA) is 101 Å². The lowest BCUT2D eigenvalue weighted by Gasteiger charge is -2.62. The minimum Gasteiger partial charge on any atom is -0.458 e. The van der Waals surface area contributed by atoms with Crippen molar-refractivity contribution in [2.45, 2.75) is 90.0 Å². The summed E-state index contributed by atoms with van der Waals surface area (Å²) in [4.78, 5) is 37.2. The number of ether oxygens (including phenoxy) is 1. The largest absolute Gasteiger partial charge is 0.458 e. The van der Waals surface area contributed by atoms with E-state index in [1.807, 2.05) is 6.92 Å². The molecule has 2 N–H and O–H groups in total. The van der Waals surface area contributed by atoms with Crippen LogP contribution in [0.1, 0.15) is 72.6 Å². The molecule has 0 radical (unpaired) electrons. The van der Waals surface area contributed by atoms with Crippen LogP contribution in [0, 0.1) is 28.6 Å². The third-order valence-electron chi connectivity index (χ3n) is 9.75. The monoisotopic (exact) mass is 476 g/mol. The van der Waals surface area contributed by atoms with Gasteiger partial charge in [0.1, 0.15) is 5.60 Å². The van der Waals surface area contributed by atoms with Crippen molar-refractivity contribution < 1.29 is 33.7 Å². The molecule has 0 unspecified atom stereocenters. The second-order valence-corrected chi connectivity index (χ2v) is 11.4. The summed E-state index contributed by atoms with van der Waals surface area (Å²) in [5, 5.41) is 23.2. The number of fused-ring (bicyclic) bond motifs is 5. The van der Waals surface area contributed by atoms with Crippen molar-refractivity contribution in [3.05, 3.63) is 23.8 Å². The van der Waals surface area contributed by atoms with Gasteiger partial charge in [0.15, 0.2) is 18.1 Å². The highest BCUT2D eigenvalue weighted by Gasteiger charge is 2.75. The molecule has 0 saturated heterocycles. The number of rotatable bonds is 6. The number of halogens is 1. The number of hydrogen-bond donors (Lipinski definition) is 2. The molecule has 0 aliphatic heterocycles. The molecule has 0 aromatic carbocycles. The Kier molecular flexibility index (Phi) is 6.21. The van der Waals surface area contributed by atoms with E-state index in [1.54, 1.807) is 26.8 Å². The van der Waals surface area contributed by atoms with Gasteiger partial charge >= 0.3 is 5.97 Å². The van der Waals surface area contributed by atoms with Crippen LogP contribution in [0.2, 0.25) is 0 Å². The maximum absolute atomic E-state index is 17.1. The van der Waals surface area contributed by atoms with Gasteiger partial charge < -0.3 is 14.9 Å². The number of alkyl halides is 1. The van der Waals surface area contributed by atoms with Gasteiger partial charge in [0.2, 0.25) is 5.78 Å². The van der Waals surface area contributed by atoms with E-state index in [2.05, 4.69) is 0 Å². The molecule has 6 nitrogen and oxygen atoms in total. The van der Waals surface area contributed by atoms with Crippen molar-refractivity contribution in [3.8, 4) is 0 Å². The molecule has 0 aromatic rings. The first-order chi connectivity index (χ1) is 15.9. The average molecular weight is 477 g/mol. The fourth-order valence-corrected chi connectivity index (χ4v) is 7.79. The molecule has 0 heterocycles. The molecular weight excluding hydrogens is 439 g/mol. The summed E-state index contributed by atoms with van der Waals surface area (Å²) in [7, 11) is 0. The third kappa shape index (κ3) is 3.22. The summed E-state index contributed by atoms with van der Waals surface area (Å²) in [6.45, 7) is 6.72. The van der Waals surface area contributed by atoms with E-state index in [0.717, 1.165) is 6.42 Å². The molecule has 188 valence electrons. The first-order valence-corrected chi connectivity index (χ1v) is 12.6. The van der Waals surface area contributed by atoms with Crippen molar-refractivity contribution in [1.29, 1.82) is 0 Å². The lowest BCUT2D eigenvalue weighted by Crippen LogP contribution is -2.69. The normalized spacial score (nSPS) is 45.1. The van der Waals surface area contributed by atoms with Crippen LogP contribution in [0.5, 0.6) is 0 Å². The SMILES string of the molecule is CCCCC(=O)OCC(=O)[C@@]1(O)[C@@H](C)C[C@H]2[C@@H]3CCC4=CC(=O)C=C[C@]4(C)[C@]3(F)[C@@H](O)C[C@@]21C. The summed E-state index contributed by atoms with van der Waals surface area (Å²) in [6, 6.07) is 0. The maximum Gasteiger partial charge on any atom is 0.306 e. The lowest BCUT2D eigenvalue weighted by atomic mass is 9.44. The van der Waals surface area contributed by atoms with Crippen LogP contribution < -0.4 is 0 Å². The molecule has 7 heteroatoms. The van der Waals surface area contributed by atoms with E-state index >= 15 is 4.39 Å². The highest BCUT2D eigenvalue weighted by molar-refractivity contribution is 6.01. The number of carbonyl (C=O) groups is 3. The van der Waals surface area contributed by atoms with Crippen molar-refractivity contribution >= 4 is 17.5 Å². The molecule has 0 amide bonds. The zero-order chi connectivity index (χ0) is 25.1. The van der Waals surface area contributed by atoms with Crippen LogP contribution in [0.3, 0.4) is 0 Å². The standard InChI is InChI=1S/C27H37FO6/c1-5-6-7-23(32)34-15-22(31)27(33)16(2)12-20-19-9-8-17-13-18(29)10-11-24(17,3)26(19,28)21(30)14-25(20,27)4/h10-11,13,16,19-21,30,33H,5-9,12,14-15H2,1-4H3/t16-,19-,20-,21-,24-,25-,26+,27-/m0/s1. The molecule has 0 spiro atoms. The Labute approximate surface area is 200 Å². The Morgan fingerprint density at radius 3 is 2.65 bits per heavy atom. The van der Waals surface area contributed by atoms with E-state index in [1.165, 1.54) is 12.2 Å². The first-order valence-electron chi connectivity index (χ1n) is 12.6. The van der Waals surface area contributed by atoms with Gasteiger partial charge in [-0.3, -0.25) is 14.4 Å². The number of unbranched alkanes of at least 4 members (excludes halogenated alkanes) is 1. The van der Waals surface area contributed by atoms with Gasteiger partial charge in [-0.1, -0.05) is 38.8 Å². The number of hydrogen-bond acceptors (Lipinski definition) is 6. The fraction of sp³-hybridized carbons (Fsp3) is 0.741. The van der Waals surface area contributed by atoms with Gasteiger partial charge in [0.25, 0.3) is 0 Å². The van der Waals surface area contributed by atoms with Gasteiger partial charge in [-0.25, -0.2) is 4.39 Å². The highest BCUT2D eigenvalue weighted by Crippen LogP contribution is 2.70. The summed E-state index contributed by atoms with van der Waals surface area (Å²) in [5.41, 5.74) is -5.34. The molecule has 4 rings (SSSR count). The van der Waals surface area contributed by atoms with Crippen LogP contribution in [0.25, 0.3) is 0 Å². The van der Waals surface area contributed by atoms with Crippen LogP contribution in [0.4, 0.5) is 4.39 Å². The molecule has 3 fully saturated rings. The zero-order valence-corrected chi connectivity index (χ0v) is 20.6. The summed E-state index contributed by atoms with van der Waals surface area (Å²) in [6.07, 6.45) is 6.03. The van der Waals surface area contributed by atoms with E-state index in [9.17, 15) is 24.6 Å². The minimum absolute atomic E-state index is 0.0916. The lowest BCUT2D eigenvalue weighted by molar-refractivity contribution is -0.220. The number of Topliss-reactive ketones (excluding diaryl/α,β-unsaturated/α-hetero) is 1. The van der Waals surface area contributed by atoms with E-state index in [-0.39, 0.29) is 24.5 Å². The third-order valence-corrected chi connectivity index (χ3v) is 9.75. The van der Waals surface area contributed by atoms with Crippen LogP contribution in [0.15, 0.2) is 23.8 Å². The number of allylic oxidation sites excluding steroid dienone is 4. The van der Waals surface area contributed by atoms with E-state index in [4.69, 9.17) is 4.74 Å². The van der Waals surface area contributed by atoms with Crippen LogP contribution in [-0.2, 0) is 19.1 Å². The van der Waals surface area contributed by atoms with Crippen LogP contribution in [-0.4, -0.2) is 51.7 Å². The molecule has 4 aliphatic carbocycles. The Bertz CT molecular complexity index is 957. The van der Waals surface area contributed by atoms with Crippen molar-refractivity contribution in [3.63, 3.8) is 0 Å². The number of aliphatic hydroxyl groups is 2. The molecule has 0 aromatic heterocycles. The van der Waals surface area contributed by atoms with Crippen molar-refractivity contribution in [1.82, 2.24) is 0 Å². The zero-order valence-electron chi connectivity index (χ0n) is 20.6. The average Bonchev–Trinajstić information content (AvgIpc) is 2.99. The summed E-state index contributed by atoms with van der Waals surface area (Å²) >= 11 is 0. The van der Waals surface area contributed by atoms with E-state index < -0.39 is 58.4 Å².